The van der Waals surface area contributed by atoms with E-state index in [1.807, 2.05) is 0 Å². The van der Waals surface area contributed by atoms with E-state index >= 15 is 0 Å². The lowest BCUT2D eigenvalue weighted by Crippen LogP contribution is -2.15. The van der Waals surface area contributed by atoms with E-state index in [-0.39, 0.29) is 17.2 Å². The third-order valence-electron chi connectivity index (χ3n) is 2.95. The molecule has 3 rings (SSSR count). The van der Waals surface area contributed by atoms with E-state index in [1.54, 1.807) is 24.4 Å². The maximum Gasteiger partial charge on any atom is 0.366 e. The zero-order chi connectivity index (χ0) is 16.2. The lowest BCUT2D eigenvalue weighted by Gasteiger charge is -2.09. The topological polar surface area (TPSA) is 77.1 Å². The molecule has 0 aliphatic carbocycles. The zero-order valence-corrected chi connectivity index (χ0v) is 11.7. The number of aromatic amines is 1. The van der Waals surface area contributed by atoms with Crippen LogP contribution in [0, 0.1) is 0 Å². The van der Waals surface area contributed by atoms with E-state index in [0.29, 0.717) is 5.52 Å². The average Bonchev–Trinajstić information content (AvgIpc) is 3.00. The van der Waals surface area contributed by atoms with Gasteiger partial charge in [-0.05, 0) is 24.3 Å². The number of aromatic nitrogens is 3. The van der Waals surface area contributed by atoms with Gasteiger partial charge in [0, 0.05) is 17.6 Å². The Bertz CT molecular complexity index is 835. The van der Waals surface area contributed by atoms with Gasteiger partial charge in [-0.1, -0.05) is 0 Å². The molecule has 0 bridgehead atoms. The number of esters is 1. The highest BCUT2D eigenvalue weighted by molar-refractivity contribution is 5.92. The molecular formula is C15H11F2N3O3. The lowest BCUT2D eigenvalue weighted by atomic mass is 10.2. The molecule has 6 nitrogen and oxygen atoms in total. The van der Waals surface area contributed by atoms with E-state index < -0.39 is 19.0 Å². The molecule has 0 saturated heterocycles. The van der Waals surface area contributed by atoms with Crippen molar-refractivity contribution in [3.63, 3.8) is 0 Å². The first kappa shape index (κ1) is 14.9. The van der Waals surface area contributed by atoms with Gasteiger partial charge in [0.25, 0.3) is 6.43 Å². The van der Waals surface area contributed by atoms with Crippen molar-refractivity contribution in [2.75, 3.05) is 6.61 Å². The van der Waals surface area contributed by atoms with Gasteiger partial charge in [0.2, 0.25) is 0 Å². The Morgan fingerprint density at radius 1 is 1.30 bits per heavy atom. The van der Waals surface area contributed by atoms with Crippen molar-refractivity contribution in [3.05, 3.63) is 48.4 Å². The molecule has 0 fully saturated rings. The van der Waals surface area contributed by atoms with Crippen molar-refractivity contribution in [2.24, 2.45) is 0 Å². The number of nitrogens with zero attached hydrogens (tertiary/aromatic N) is 2. The van der Waals surface area contributed by atoms with Crippen LogP contribution < -0.4 is 9.47 Å². The number of pyridine rings is 1. The Morgan fingerprint density at radius 2 is 2.17 bits per heavy atom. The maximum atomic E-state index is 12.2. The Labute approximate surface area is 129 Å². The number of hydrogen-bond acceptors (Lipinski definition) is 5. The van der Waals surface area contributed by atoms with Gasteiger partial charge >= 0.3 is 5.97 Å². The quantitative estimate of drug-likeness (QED) is 0.578. The van der Waals surface area contributed by atoms with E-state index in [1.165, 1.54) is 18.3 Å². The van der Waals surface area contributed by atoms with Crippen LogP contribution in [-0.4, -0.2) is 34.2 Å². The number of fused-ring (bicyclic) bond motifs is 1. The third-order valence-corrected chi connectivity index (χ3v) is 2.95. The van der Waals surface area contributed by atoms with Crippen LogP contribution in [0.2, 0.25) is 0 Å². The van der Waals surface area contributed by atoms with E-state index in [2.05, 4.69) is 15.2 Å². The summed E-state index contributed by atoms with van der Waals surface area (Å²) < 4.78 is 34.6. The van der Waals surface area contributed by atoms with Crippen molar-refractivity contribution < 1.29 is 23.0 Å². The molecule has 1 aromatic carbocycles. The number of rotatable bonds is 5. The first-order valence-corrected chi connectivity index (χ1v) is 6.65. The first-order valence-electron chi connectivity index (χ1n) is 6.65. The van der Waals surface area contributed by atoms with Crippen LogP contribution in [0.3, 0.4) is 0 Å². The van der Waals surface area contributed by atoms with Crippen LogP contribution in [0.4, 0.5) is 8.78 Å². The Hall–Kier alpha value is -3.03. The van der Waals surface area contributed by atoms with E-state index in [0.717, 1.165) is 5.39 Å². The van der Waals surface area contributed by atoms with Crippen LogP contribution in [0.15, 0.2) is 42.7 Å². The number of carbonyl (C=O) groups excluding carboxylic acids is 1. The fourth-order valence-electron chi connectivity index (χ4n) is 1.95. The molecule has 118 valence electrons. The predicted octanol–water partition coefficient (Wildman–Crippen LogP) is 2.82. The van der Waals surface area contributed by atoms with Crippen LogP contribution in [-0.2, 0) is 0 Å². The Balaban J connectivity index is 1.79. The second-order valence-electron chi connectivity index (χ2n) is 4.56. The molecule has 0 aliphatic heterocycles. The molecule has 2 aromatic heterocycles. The second kappa shape index (κ2) is 6.39. The van der Waals surface area contributed by atoms with Gasteiger partial charge in [0.1, 0.15) is 12.4 Å². The summed E-state index contributed by atoms with van der Waals surface area (Å²) in [7, 11) is 0. The lowest BCUT2D eigenvalue weighted by molar-refractivity contribution is 0.0687. The molecule has 0 aliphatic rings. The largest absolute Gasteiger partial charge is 0.485 e. The zero-order valence-electron chi connectivity index (χ0n) is 11.7. The highest BCUT2D eigenvalue weighted by atomic mass is 19.3. The van der Waals surface area contributed by atoms with Gasteiger partial charge in [-0.25, -0.2) is 18.6 Å². The Kier molecular flexibility index (Phi) is 4.13. The molecule has 8 heteroatoms. The van der Waals surface area contributed by atoms with Gasteiger partial charge in [-0.2, -0.15) is 5.10 Å². The van der Waals surface area contributed by atoms with Gasteiger partial charge < -0.3 is 9.47 Å². The fraction of sp³-hybridized carbons (Fsp3) is 0.133. The Morgan fingerprint density at radius 3 is 3.00 bits per heavy atom. The summed E-state index contributed by atoms with van der Waals surface area (Å²) in [6.45, 7) is -0.827. The number of carbonyl (C=O) groups is 1. The van der Waals surface area contributed by atoms with Crippen LogP contribution in [0.5, 0.6) is 11.5 Å². The molecule has 0 amide bonds. The molecule has 0 saturated carbocycles. The number of H-pyrrole nitrogens is 1. The van der Waals surface area contributed by atoms with Gasteiger partial charge in [-0.3, -0.25) is 5.10 Å². The summed E-state index contributed by atoms with van der Waals surface area (Å²) in [5, 5.41) is 7.48. The molecule has 3 aromatic rings. The first-order chi connectivity index (χ1) is 11.1. The average molecular weight is 319 g/mol. The summed E-state index contributed by atoms with van der Waals surface area (Å²) in [5.41, 5.74) is 0.531. The second-order valence-corrected chi connectivity index (χ2v) is 4.56. The van der Waals surface area contributed by atoms with Crippen LogP contribution in [0.25, 0.3) is 10.9 Å². The van der Waals surface area contributed by atoms with Crippen molar-refractivity contribution in [1.82, 2.24) is 15.2 Å². The van der Waals surface area contributed by atoms with Crippen LogP contribution >= 0.6 is 0 Å². The van der Waals surface area contributed by atoms with Crippen LogP contribution in [0.1, 0.15) is 10.5 Å². The number of halogens is 2. The highest BCUT2D eigenvalue weighted by Gasteiger charge is 2.18. The molecular weight excluding hydrogens is 308 g/mol. The van der Waals surface area contributed by atoms with Crippen molar-refractivity contribution in [2.45, 2.75) is 6.43 Å². The minimum Gasteiger partial charge on any atom is -0.485 e. The standard InChI is InChI=1S/C15H11F2N3O3/c16-13(17)8-22-12-2-1-5-18-14(12)15(21)23-10-4-3-9-7-19-20-11(9)6-10/h1-7,13H,8H2,(H,19,20). The molecule has 23 heavy (non-hydrogen) atoms. The van der Waals surface area contributed by atoms with E-state index in [9.17, 15) is 13.6 Å². The van der Waals surface area contributed by atoms with Crippen molar-refractivity contribution in [1.29, 1.82) is 0 Å². The smallest absolute Gasteiger partial charge is 0.366 e. The summed E-state index contributed by atoms with van der Waals surface area (Å²) in [4.78, 5) is 16.0. The predicted molar refractivity (Wildman–Crippen MR) is 76.8 cm³/mol. The summed E-state index contributed by atoms with van der Waals surface area (Å²) >= 11 is 0. The van der Waals surface area contributed by atoms with Gasteiger partial charge in [-0.15, -0.1) is 0 Å². The van der Waals surface area contributed by atoms with Gasteiger partial charge in [0.05, 0.1) is 11.7 Å². The van der Waals surface area contributed by atoms with Crippen molar-refractivity contribution >= 4 is 16.9 Å². The fourth-order valence-corrected chi connectivity index (χ4v) is 1.95. The molecule has 0 spiro atoms. The summed E-state index contributed by atoms with van der Waals surface area (Å²) in [6.07, 6.45) is 0.335. The minimum absolute atomic E-state index is 0.0552. The molecule has 0 atom stereocenters. The number of alkyl halides is 2. The number of ether oxygens (including phenoxy) is 2. The number of nitrogens with one attached hydrogen (secondary N) is 1. The highest BCUT2D eigenvalue weighted by Crippen LogP contribution is 2.22. The molecule has 1 N–H and O–H groups in total. The monoisotopic (exact) mass is 319 g/mol. The SMILES string of the molecule is O=C(Oc1ccc2cn[nH]c2c1)c1ncccc1OCC(F)F. The van der Waals surface area contributed by atoms with Crippen molar-refractivity contribution in [3.8, 4) is 11.5 Å². The molecule has 2 heterocycles. The summed E-state index contributed by atoms with van der Waals surface area (Å²) in [5.74, 6) is -0.577. The number of hydrogen-bond donors (Lipinski definition) is 1. The normalized spacial score (nSPS) is 10.9. The molecule has 0 radical (unpaired) electrons. The van der Waals surface area contributed by atoms with Gasteiger partial charge in [0.15, 0.2) is 11.4 Å². The minimum atomic E-state index is -2.65. The summed E-state index contributed by atoms with van der Waals surface area (Å²) in [6, 6.07) is 7.79. The number of benzene rings is 1. The van der Waals surface area contributed by atoms with E-state index in [4.69, 9.17) is 9.47 Å². The third kappa shape index (κ3) is 3.42. The maximum absolute atomic E-state index is 12.2. The molecule has 0 unspecified atom stereocenters.